The Bertz CT molecular complexity index is 630. The highest BCUT2D eigenvalue weighted by molar-refractivity contribution is 6.09. The lowest BCUT2D eigenvalue weighted by Crippen LogP contribution is -2.03. The van der Waals surface area contributed by atoms with Gasteiger partial charge in [0.25, 0.3) is 0 Å². The molecule has 1 heterocycles. The van der Waals surface area contributed by atoms with Crippen LogP contribution in [0.5, 0.6) is 0 Å². The number of hydrogen-bond acceptors (Lipinski definition) is 4. The molecule has 0 fully saturated rings. The van der Waals surface area contributed by atoms with E-state index in [-0.39, 0.29) is 11.6 Å². The molecule has 0 aliphatic carbocycles. The van der Waals surface area contributed by atoms with Crippen molar-refractivity contribution < 1.29 is 4.79 Å². The Morgan fingerprint density at radius 1 is 1.21 bits per heavy atom. The van der Waals surface area contributed by atoms with Crippen molar-refractivity contribution in [1.82, 2.24) is 4.98 Å². The summed E-state index contributed by atoms with van der Waals surface area (Å²) in [5.74, 6) is 0.0862. The first-order valence-electron chi connectivity index (χ1n) is 5.86. The Balaban J connectivity index is 2.21. The van der Waals surface area contributed by atoms with Crippen LogP contribution < -0.4 is 11.5 Å². The smallest absolute Gasteiger partial charge is 0.189 e. The van der Waals surface area contributed by atoms with Crippen LogP contribution >= 0.6 is 0 Å². The molecule has 0 spiro atoms. The van der Waals surface area contributed by atoms with Crippen molar-refractivity contribution in [2.75, 3.05) is 11.5 Å². The average Bonchev–Trinajstić information content (AvgIpc) is 2.40. The number of ketones is 1. The number of benzene rings is 1. The summed E-state index contributed by atoms with van der Waals surface area (Å²) in [5, 5.41) is 0. The Morgan fingerprint density at radius 2 is 1.89 bits per heavy atom. The fraction of sp³-hybridized carbons (Fsp3) is 0.0667. The molecule has 2 aromatic rings. The number of nitrogens with two attached hydrogens (primary N) is 2. The van der Waals surface area contributed by atoms with Crippen LogP contribution in [0.4, 0.5) is 11.5 Å². The van der Waals surface area contributed by atoms with Gasteiger partial charge in [0.2, 0.25) is 0 Å². The number of carbonyl (C=O) groups excluding carboxylic acids is 1. The lowest BCUT2D eigenvalue weighted by molar-refractivity contribution is 0.104. The number of allylic oxidation sites excluding steroid dienone is 1. The van der Waals surface area contributed by atoms with Gasteiger partial charge in [-0.15, -0.1) is 0 Å². The minimum absolute atomic E-state index is 0.162. The second-order valence-electron chi connectivity index (χ2n) is 4.31. The van der Waals surface area contributed by atoms with Gasteiger partial charge in [0.05, 0.1) is 5.56 Å². The Hall–Kier alpha value is -2.62. The van der Waals surface area contributed by atoms with Gasteiger partial charge in [0.15, 0.2) is 5.78 Å². The first kappa shape index (κ1) is 12.8. The number of nitrogen functional groups attached to an aromatic ring is 2. The van der Waals surface area contributed by atoms with Crippen LogP contribution in [0.25, 0.3) is 6.08 Å². The third kappa shape index (κ3) is 3.19. The predicted octanol–water partition coefficient (Wildman–Crippen LogP) is 2.45. The summed E-state index contributed by atoms with van der Waals surface area (Å²) >= 11 is 0. The largest absolute Gasteiger partial charge is 0.399 e. The Labute approximate surface area is 111 Å². The third-order valence-corrected chi connectivity index (χ3v) is 2.68. The van der Waals surface area contributed by atoms with Crippen LogP contribution in [0.2, 0.25) is 0 Å². The zero-order valence-electron chi connectivity index (χ0n) is 10.6. The number of hydrogen-bond donors (Lipinski definition) is 2. The average molecular weight is 253 g/mol. The molecule has 0 aliphatic rings. The van der Waals surface area contributed by atoms with Crippen molar-refractivity contribution in [3.63, 3.8) is 0 Å². The zero-order chi connectivity index (χ0) is 13.8. The number of anilines is 2. The summed E-state index contributed by atoms with van der Waals surface area (Å²) < 4.78 is 0. The summed E-state index contributed by atoms with van der Waals surface area (Å²) in [6, 6.07) is 8.99. The normalized spacial score (nSPS) is 10.8. The zero-order valence-corrected chi connectivity index (χ0v) is 10.6. The van der Waals surface area contributed by atoms with E-state index in [0.717, 1.165) is 11.1 Å². The molecule has 19 heavy (non-hydrogen) atoms. The molecule has 4 heteroatoms. The topological polar surface area (TPSA) is 82.0 Å². The molecule has 0 radical (unpaired) electrons. The van der Waals surface area contributed by atoms with E-state index in [4.69, 9.17) is 11.5 Å². The molecule has 1 aromatic heterocycles. The number of rotatable bonds is 3. The molecule has 96 valence electrons. The van der Waals surface area contributed by atoms with Crippen LogP contribution in [-0.4, -0.2) is 10.8 Å². The minimum atomic E-state index is -0.162. The summed E-state index contributed by atoms with van der Waals surface area (Å²) in [6.45, 7) is 1.87. The van der Waals surface area contributed by atoms with Crippen LogP contribution in [0.3, 0.4) is 0 Å². The molecule has 0 unspecified atom stereocenters. The predicted molar refractivity (Wildman–Crippen MR) is 77.6 cm³/mol. The molecule has 4 nitrogen and oxygen atoms in total. The van der Waals surface area contributed by atoms with Gasteiger partial charge in [-0.3, -0.25) is 4.79 Å². The lowest BCUT2D eigenvalue weighted by atomic mass is 10.1. The second-order valence-corrected chi connectivity index (χ2v) is 4.31. The van der Waals surface area contributed by atoms with Gasteiger partial charge in [-0.1, -0.05) is 18.2 Å². The van der Waals surface area contributed by atoms with Gasteiger partial charge < -0.3 is 11.5 Å². The second kappa shape index (κ2) is 5.35. The molecular formula is C15H15N3O. The van der Waals surface area contributed by atoms with Gasteiger partial charge in [0.1, 0.15) is 5.82 Å². The maximum atomic E-state index is 12.0. The summed E-state index contributed by atoms with van der Waals surface area (Å²) in [4.78, 5) is 16.0. The quantitative estimate of drug-likeness (QED) is 0.500. The van der Waals surface area contributed by atoms with E-state index in [1.807, 2.05) is 19.1 Å². The molecule has 0 amide bonds. The van der Waals surface area contributed by atoms with E-state index >= 15 is 0 Å². The number of aromatic nitrogens is 1. The highest BCUT2D eigenvalue weighted by Crippen LogP contribution is 2.13. The minimum Gasteiger partial charge on any atom is -0.399 e. The van der Waals surface area contributed by atoms with Gasteiger partial charge in [-0.05, 0) is 42.3 Å². The van der Waals surface area contributed by atoms with Crippen LogP contribution in [0.15, 0.2) is 42.6 Å². The first-order valence-corrected chi connectivity index (χ1v) is 5.86. The molecule has 0 atom stereocenters. The van der Waals surface area contributed by atoms with Gasteiger partial charge in [-0.2, -0.15) is 0 Å². The third-order valence-electron chi connectivity index (χ3n) is 2.68. The Morgan fingerprint density at radius 3 is 2.58 bits per heavy atom. The van der Waals surface area contributed by atoms with Crippen molar-refractivity contribution in [2.45, 2.75) is 6.92 Å². The summed E-state index contributed by atoms with van der Waals surface area (Å²) in [5.41, 5.74) is 14.2. The lowest BCUT2D eigenvalue weighted by Gasteiger charge is -2.02. The van der Waals surface area contributed by atoms with E-state index < -0.39 is 0 Å². The monoisotopic (exact) mass is 253 g/mol. The highest BCUT2D eigenvalue weighted by atomic mass is 16.1. The van der Waals surface area contributed by atoms with E-state index in [9.17, 15) is 4.79 Å². The van der Waals surface area contributed by atoms with Crippen LogP contribution in [0, 0.1) is 6.92 Å². The van der Waals surface area contributed by atoms with Crippen LogP contribution in [-0.2, 0) is 0 Å². The molecular weight excluding hydrogens is 238 g/mol. The molecule has 2 rings (SSSR count). The van der Waals surface area contributed by atoms with Crippen molar-refractivity contribution in [2.24, 2.45) is 0 Å². The van der Waals surface area contributed by atoms with Crippen molar-refractivity contribution in [3.8, 4) is 0 Å². The SMILES string of the molecule is Cc1cnc(N)c(C(=O)/C=C/c2ccc(N)cc2)c1. The van der Waals surface area contributed by atoms with Gasteiger partial charge in [-0.25, -0.2) is 4.98 Å². The molecule has 0 saturated carbocycles. The number of aryl methyl sites for hydroxylation is 1. The van der Waals surface area contributed by atoms with E-state index in [0.29, 0.717) is 11.3 Å². The van der Waals surface area contributed by atoms with Crippen LogP contribution in [0.1, 0.15) is 21.5 Å². The standard InChI is InChI=1S/C15H15N3O/c1-10-8-13(15(17)18-9-10)14(19)7-4-11-2-5-12(16)6-3-11/h2-9H,16H2,1H3,(H2,17,18)/b7-4+. The molecule has 0 bridgehead atoms. The van der Waals surface area contributed by atoms with Gasteiger partial charge >= 0.3 is 0 Å². The highest BCUT2D eigenvalue weighted by Gasteiger charge is 2.07. The maximum absolute atomic E-state index is 12.0. The fourth-order valence-electron chi connectivity index (χ4n) is 1.65. The summed E-state index contributed by atoms with van der Waals surface area (Å²) in [7, 11) is 0. The van der Waals surface area contributed by atoms with Crippen molar-refractivity contribution in [3.05, 3.63) is 59.3 Å². The number of carbonyl (C=O) groups is 1. The first-order chi connectivity index (χ1) is 9.06. The van der Waals surface area contributed by atoms with E-state index in [1.54, 1.807) is 30.5 Å². The van der Waals surface area contributed by atoms with Gasteiger partial charge in [0, 0.05) is 11.9 Å². The van der Waals surface area contributed by atoms with Crippen molar-refractivity contribution in [1.29, 1.82) is 0 Å². The fourth-order valence-corrected chi connectivity index (χ4v) is 1.65. The molecule has 0 saturated heterocycles. The summed E-state index contributed by atoms with van der Waals surface area (Å²) in [6.07, 6.45) is 4.84. The van der Waals surface area contributed by atoms with E-state index in [2.05, 4.69) is 4.98 Å². The maximum Gasteiger partial charge on any atom is 0.189 e. The number of nitrogens with zero attached hydrogens (tertiary/aromatic N) is 1. The molecule has 0 aliphatic heterocycles. The molecule has 4 N–H and O–H groups in total. The number of pyridine rings is 1. The van der Waals surface area contributed by atoms with E-state index in [1.165, 1.54) is 6.08 Å². The molecule has 1 aromatic carbocycles. The Kier molecular flexibility index (Phi) is 3.61. The van der Waals surface area contributed by atoms with Crippen molar-refractivity contribution >= 4 is 23.4 Å².